The largest absolute Gasteiger partial charge is 0.414 e. The molecule has 0 heterocycles. The lowest BCUT2D eigenvalue weighted by molar-refractivity contribution is 0.110. The van der Waals surface area contributed by atoms with Crippen molar-refractivity contribution >= 4 is 22.1 Å². The van der Waals surface area contributed by atoms with E-state index in [1.165, 1.54) is 0 Å². The van der Waals surface area contributed by atoms with Gasteiger partial charge < -0.3 is 4.43 Å². The maximum Gasteiger partial charge on any atom is 0.246 e. The highest BCUT2D eigenvalue weighted by Gasteiger charge is 2.14. The summed E-state index contributed by atoms with van der Waals surface area (Å²) >= 11 is 5.52. The van der Waals surface area contributed by atoms with Gasteiger partial charge in [0.25, 0.3) is 0 Å². The normalized spacial score (nSPS) is 12.0. The maximum absolute atomic E-state index is 5.52. The Morgan fingerprint density at radius 3 is 2.40 bits per heavy atom. The van der Waals surface area contributed by atoms with Gasteiger partial charge >= 0.3 is 0 Å². The van der Waals surface area contributed by atoms with Crippen molar-refractivity contribution in [1.29, 1.82) is 0 Å². The first-order chi connectivity index (χ1) is 4.62. The molecule has 0 aliphatic rings. The van der Waals surface area contributed by atoms with Crippen LogP contribution in [0.1, 0.15) is 33.1 Å². The van der Waals surface area contributed by atoms with Crippen molar-refractivity contribution in [1.82, 2.24) is 0 Å². The predicted octanol–water partition coefficient (Wildman–Crippen LogP) is 2.27. The Hall–Kier alpha value is 0.467. The number of alkyl halides is 1. The van der Waals surface area contributed by atoms with Crippen LogP contribution in [0.2, 0.25) is 0 Å². The lowest BCUT2D eigenvalue weighted by Crippen LogP contribution is -2.22. The second-order valence-electron chi connectivity index (χ2n) is 3.01. The van der Waals surface area contributed by atoms with E-state index in [0.717, 1.165) is 25.1 Å². The number of unbranched alkanes of at least 4 members (excludes halogenated alkanes) is 1. The van der Waals surface area contributed by atoms with Gasteiger partial charge in [-0.05, 0) is 33.1 Å². The molecule has 0 rings (SSSR count). The van der Waals surface area contributed by atoms with Crippen LogP contribution in [0, 0.1) is 0 Å². The Kier molecular flexibility index (Phi) is 5.40. The first-order valence-electron chi connectivity index (χ1n) is 3.53. The predicted molar refractivity (Wildman–Crippen MR) is 45.5 cm³/mol. The van der Waals surface area contributed by atoms with E-state index in [1.54, 1.807) is 0 Å². The highest BCUT2D eigenvalue weighted by Crippen LogP contribution is 2.16. The maximum atomic E-state index is 5.52. The fourth-order valence-electron chi connectivity index (χ4n) is 0.696. The third-order valence-electron chi connectivity index (χ3n) is 1.44. The molecule has 1 nitrogen and oxygen atoms in total. The smallest absolute Gasteiger partial charge is 0.246 e. The zero-order chi connectivity index (χ0) is 8.04. The Morgan fingerprint density at radius 1 is 1.40 bits per heavy atom. The van der Waals surface area contributed by atoms with Crippen LogP contribution in [0.15, 0.2) is 0 Å². The first kappa shape index (κ1) is 10.5. The minimum absolute atomic E-state index is 0.0526. The third kappa shape index (κ3) is 5.27. The van der Waals surface area contributed by atoms with Crippen LogP contribution in [0.5, 0.6) is 0 Å². The summed E-state index contributed by atoms with van der Waals surface area (Å²) in [7, 11) is 3.04. The topological polar surface area (TPSA) is 9.23 Å². The second-order valence-corrected chi connectivity index (χ2v) is 3.59. The third-order valence-corrected chi connectivity index (χ3v) is 2.26. The highest BCUT2D eigenvalue weighted by atomic mass is 35.5. The van der Waals surface area contributed by atoms with Gasteiger partial charge in [0.2, 0.25) is 10.5 Å². The van der Waals surface area contributed by atoms with Gasteiger partial charge in [0, 0.05) is 11.5 Å². The standard InChI is InChI=1S/C7H14ClOSi/c1-7(2,9-10)5-3-4-6-8/h3-6H2,1-2H3. The van der Waals surface area contributed by atoms with Crippen molar-refractivity contribution in [3.05, 3.63) is 0 Å². The molecular weight excluding hydrogens is 164 g/mol. The summed E-state index contributed by atoms with van der Waals surface area (Å²) in [5, 5.41) is 0. The van der Waals surface area contributed by atoms with Gasteiger partial charge in [-0.15, -0.1) is 11.6 Å². The van der Waals surface area contributed by atoms with Crippen LogP contribution in [0.3, 0.4) is 0 Å². The van der Waals surface area contributed by atoms with Crippen LogP contribution < -0.4 is 0 Å². The van der Waals surface area contributed by atoms with E-state index in [4.69, 9.17) is 16.0 Å². The van der Waals surface area contributed by atoms with E-state index < -0.39 is 0 Å². The van der Waals surface area contributed by atoms with Gasteiger partial charge in [0.05, 0.1) is 0 Å². The molecular formula is C7H14ClOSi. The molecule has 10 heavy (non-hydrogen) atoms. The molecule has 0 aromatic carbocycles. The summed E-state index contributed by atoms with van der Waals surface area (Å²) in [6, 6.07) is 0. The summed E-state index contributed by atoms with van der Waals surface area (Å²) in [5.41, 5.74) is -0.0526. The van der Waals surface area contributed by atoms with Gasteiger partial charge in [0.15, 0.2) is 0 Å². The van der Waals surface area contributed by atoms with Crippen LogP contribution >= 0.6 is 11.6 Å². The first-order valence-corrected chi connectivity index (χ1v) is 4.47. The quantitative estimate of drug-likeness (QED) is 0.356. The van der Waals surface area contributed by atoms with Gasteiger partial charge in [0.1, 0.15) is 0 Å². The molecule has 0 aromatic heterocycles. The molecule has 0 aliphatic heterocycles. The summed E-state index contributed by atoms with van der Waals surface area (Å²) in [6.45, 7) is 4.10. The number of rotatable bonds is 5. The van der Waals surface area contributed by atoms with E-state index in [1.807, 2.05) is 13.8 Å². The highest BCUT2D eigenvalue weighted by molar-refractivity contribution is 6.17. The van der Waals surface area contributed by atoms with E-state index in [0.29, 0.717) is 0 Å². The zero-order valence-corrected chi connectivity index (χ0v) is 8.37. The molecule has 0 aromatic rings. The van der Waals surface area contributed by atoms with E-state index in [-0.39, 0.29) is 5.60 Å². The van der Waals surface area contributed by atoms with Crippen molar-refractivity contribution in [3.8, 4) is 0 Å². The summed E-state index contributed by atoms with van der Waals surface area (Å²) in [5.74, 6) is 0.748. The van der Waals surface area contributed by atoms with Crippen molar-refractivity contribution in [3.63, 3.8) is 0 Å². The lowest BCUT2D eigenvalue weighted by Gasteiger charge is -2.22. The van der Waals surface area contributed by atoms with Crippen molar-refractivity contribution in [2.75, 3.05) is 5.88 Å². The van der Waals surface area contributed by atoms with Crippen molar-refractivity contribution < 1.29 is 4.43 Å². The van der Waals surface area contributed by atoms with E-state index in [9.17, 15) is 0 Å². The van der Waals surface area contributed by atoms with E-state index in [2.05, 4.69) is 10.5 Å². The van der Waals surface area contributed by atoms with Crippen molar-refractivity contribution in [2.45, 2.75) is 38.7 Å². The molecule has 59 valence electrons. The van der Waals surface area contributed by atoms with Gasteiger partial charge in [-0.1, -0.05) is 0 Å². The number of hydrogen-bond acceptors (Lipinski definition) is 1. The Bertz CT molecular complexity index is 85.7. The molecule has 0 bridgehead atoms. The number of halogens is 1. The van der Waals surface area contributed by atoms with Crippen molar-refractivity contribution in [2.24, 2.45) is 0 Å². The average Bonchev–Trinajstić information content (AvgIpc) is 1.89. The summed E-state index contributed by atoms with van der Waals surface area (Å²) in [4.78, 5) is 0. The minimum Gasteiger partial charge on any atom is -0.414 e. The Morgan fingerprint density at radius 2 is 2.00 bits per heavy atom. The van der Waals surface area contributed by atoms with Gasteiger partial charge in [-0.3, -0.25) is 0 Å². The van der Waals surface area contributed by atoms with Crippen LogP contribution in [-0.4, -0.2) is 22.0 Å². The Balaban J connectivity index is 3.28. The van der Waals surface area contributed by atoms with Gasteiger partial charge in [-0.2, -0.15) is 0 Å². The zero-order valence-electron chi connectivity index (χ0n) is 6.61. The molecule has 0 atom stereocenters. The summed E-state index contributed by atoms with van der Waals surface area (Å²) < 4.78 is 5.05. The molecule has 0 N–H and O–H groups in total. The SMILES string of the molecule is CC(C)(CCCCCl)O[Si]. The molecule has 0 unspecified atom stereocenters. The fourth-order valence-corrected chi connectivity index (χ4v) is 0.987. The van der Waals surface area contributed by atoms with E-state index >= 15 is 0 Å². The number of hydrogen-bond donors (Lipinski definition) is 0. The molecule has 0 spiro atoms. The van der Waals surface area contributed by atoms with Crippen LogP contribution in [-0.2, 0) is 4.43 Å². The van der Waals surface area contributed by atoms with Crippen LogP contribution in [0.25, 0.3) is 0 Å². The second kappa shape index (κ2) is 5.16. The molecule has 0 aliphatic carbocycles. The fraction of sp³-hybridized carbons (Fsp3) is 1.00. The molecule has 3 radical (unpaired) electrons. The molecule has 0 fully saturated rings. The molecule has 0 saturated heterocycles. The van der Waals surface area contributed by atoms with Crippen LogP contribution in [0.4, 0.5) is 0 Å². The molecule has 3 heteroatoms. The monoisotopic (exact) mass is 177 g/mol. The van der Waals surface area contributed by atoms with Gasteiger partial charge in [-0.25, -0.2) is 0 Å². The minimum atomic E-state index is -0.0526. The summed E-state index contributed by atoms with van der Waals surface area (Å²) in [6.07, 6.45) is 3.24. The molecule has 0 saturated carbocycles. The Labute approximate surface area is 71.6 Å². The average molecular weight is 178 g/mol. The molecule has 0 amide bonds. The lowest BCUT2D eigenvalue weighted by atomic mass is 10.0.